The van der Waals surface area contributed by atoms with Crippen LogP contribution < -0.4 is 0 Å². The average Bonchev–Trinajstić information content (AvgIpc) is 2.58. The molecule has 1 aliphatic carbocycles. The molecule has 0 aromatic carbocycles. The van der Waals surface area contributed by atoms with Crippen LogP contribution in [0.5, 0.6) is 0 Å². The number of ether oxygens (including phenoxy) is 1. The van der Waals surface area contributed by atoms with Gasteiger partial charge in [0.05, 0.1) is 16.0 Å². The summed E-state index contributed by atoms with van der Waals surface area (Å²) in [6, 6.07) is 1.90. The molecule has 1 atom stereocenters. The Morgan fingerprint density at radius 1 is 1.60 bits per heavy atom. The van der Waals surface area contributed by atoms with E-state index in [1.165, 1.54) is 6.42 Å². The van der Waals surface area contributed by atoms with Crippen molar-refractivity contribution in [2.24, 2.45) is 0 Å². The summed E-state index contributed by atoms with van der Waals surface area (Å²) in [5.41, 5.74) is 0.0136. The molecule has 1 heterocycles. The van der Waals surface area contributed by atoms with E-state index in [1.807, 2.05) is 11.4 Å². The number of rotatable bonds is 4. The van der Waals surface area contributed by atoms with E-state index in [0.29, 0.717) is 0 Å². The van der Waals surface area contributed by atoms with E-state index in [0.717, 1.165) is 29.2 Å². The van der Waals surface area contributed by atoms with Gasteiger partial charge in [0, 0.05) is 12.0 Å². The zero-order chi connectivity index (χ0) is 10.9. The summed E-state index contributed by atoms with van der Waals surface area (Å²) in [5.74, 6) is 0. The van der Waals surface area contributed by atoms with Crippen LogP contribution in [0.25, 0.3) is 0 Å². The Kier molecular flexibility index (Phi) is 3.61. The van der Waals surface area contributed by atoms with Gasteiger partial charge in [0.2, 0.25) is 0 Å². The highest BCUT2D eigenvalue weighted by Crippen LogP contribution is 2.46. The Hall–Kier alpha value is 0.240. The fourth-order valence-corrected chi connectivity index (χ4v) is 3.79. The number of hydrogen-bond donors (Lipinski definition) is 0. The highest BCUT2D eigenvalue weighted by Gasteiger charge is 2.39. The average molecular weight is 265 g/mol. The van der Waals surface area contributed by atoms with E-state index >= 15 is 0 Å². The molecule has 4 heteroatoms. The van der Waals surface area contributed by atoms with Crippen LogP contribution in [0, 0.1) is 0 Å². The molecule has 1 fully saturated rings. The molecule has 0 amide bonds. The lowest BCUT2D eigenvalue weighted by molar-refractivity contribution is -0.0778. The minimum Gasteiger partial charge on any atom is -0.378 e. The molecule has 1 unspecified atom stereocenters. The summed E-state index contributed by atoms with van der Waals surface area (Å²) in [5, 5.41) is 2.75. The lowest BCUT2D eigenvalue weighted by Crippen LogP contribution is -2.39. The number of thiophene rings is 1. The van der Waals surface area contributed by atoms with Crippen molar-refractivity contribution < 1.29 is 4.74 Å². The van der Waals surface area contributed by atoms with Crippen LogP contribution in [0.15, 0.2) is 11.4 Å². The quantitative estimate of drug-likeness (QED) is 0.720. The van der Waals surface area contributed by atoms with Gasteiger partial charge in [0.15, 0.2) is 0 Å². The number of methoxy groups -OCH3 is 1. The van der Waals surface area contributed by atoms with E-state index in [1.54, 1.807) is 18.4 Å². The molecule has 1 nitrogen and oxygen atoms in total. The molecular formula is C11H14Cl2OS. The lowest BCUT2D eigenvalue weighted by atomic mass is 9.76. The van der Waals surface area contributed by atoms with Gasteiger partial charge < -0.3 is 4.74 Å². The molecule has 0 bridgehead atoms. The van der Waals surface area contributed by atoms with Gasteiger partial charge in [-0.2, -0.15) is 0 Å². The summed E-state index contributed by atoms with van der Waals surface area (Å²) >= 11 is 14.1. The highest BCUT2D eigenvalue weighted by molar-refractivity contribution is 7.11. The molecule has 1 aliphatic rings. The Morgan fingerprint density at radius 2 is 2.33 bits per heavy atom. The molecule has 15 heavy (non-hydrogen) atoms. The van der Waals surface area contributed by atoms with Gasteiger partial charge in [-0.3, -0.25) is 0 Å². The third kappa shape index (κ3) is 2.33. The minimum absolute atomic E-state index is 0.0136. The molecule has 0 spiro atoms. The third-order valence-electron chi connectivity index (χ3n) is 3.18. The molecule has 1 saturated carbocycles. The molecule has 0 N–H and O–H groups in total. The second kappa shape index (κ2) is 4.62. The summed E-state index contributed by atoms with van der Waals surface area (Å²) in [4.78, 5) is 1.07. The van der Waals surface area contributed by atoms with Crippen LogP contribution >= 0.6 is 34.5 Å². The maximum Gasteiger partial charge on any atom is 0.0720 e. The molecule has 84 valence electrons. The normalized spacial score (nSPS) is 21.0. The predicted octanol–water partition coefficient (Wildman–Crippen LogP) is 4.64. The van der Waals surface area contributed by atoms with Crippen LogP contribution in [-0.4, -0.2) is 12.7 Å². The molecule has 1 aromatic heterocycles. The first-order valence-corrected chi connectivity index (χ1v) is 6.78. The van der Waals surface area contributed by atoms with Crippen molar-refractivity contribution in [1.29, 1.82) is 0 Å². The standard InChI is InChI=1S/C11H14Cl2OS/c1-14-11(4-2-5-11)7-9(13)10-8(12)3-6-15-10/h3,6,9H,2,4-5,7H2,1H3. The predicted molar refractivity (Wildman–Crippen MR) is 66.1 cm³/mol. The fraction of sp³-hybridized carbons (Fsp3) is 0.636. The fourth-order valence-electron chi connectivity index (χ4n) is 2.01. The van der Waals surface area contributed by atoms with Crippen molar-refractivity contribution in [3.63, 3.8) is 0 Å². The van der Waals surface area contributed by atoms with Crippen molar-refractivity contribution in [3.05, 3.63) is 21.3 Å². The Bertz CT molecular complexity index is 328. The van der Waals surface area contributed by atoms with Gasteiger partial charge in [-0.05, 0) is 37.1 Å². The van der Waals surface area contributed by atoms with Gasteiger partial charge in [0.1, 0.15) is 0 Å². The summed E-state index contributed by atoms with van der Waals surface area (Å²) < 4.78 is 5.56. The molecule has 0 radical (unpaired) electrons. The smallest absolute Gasteiger partial charge is 0.0720 e. The van der Waals surface area contributed by atoms with E-state index in [2.05, 4.69) is 0 Å². The SMILES string of the molecule is COC1(CC(Cl)c2sccc2Cl)CCC1. The summed E-state index contributed by atoms with van der Waals surface area (Å²) in [6.07, 6.45) is 4.35. The van der Waals surface area contributed by atoms with Gasteiger partial charge >= 0.3 is 0 Å². The summed E-state index contributed by atoms with van der Waals surface area (Å²) in [7, 11) is 1.78. The molecule has 2 rings (SSSR count). The second-order valence-corrected chi connectivity index (χ2v) is 5.93. The molecule has 1 aromatic rings. The maximum atomic E-state index is 6.37. The number of halogens is 2. The number of alkyl halides is 1. The largest absolute Gasteiger partial charge is 0.378 e. The van der Waals surface area contributed by atoms with Crippen molar-refractivity contribution in [3.8, 4) is 0 Å². The van der Waals surface area contributed by atoms with Crippen LogP contribution in [0.2, 0.25) is 5.02 Å². The zero-order valence-corrected chi connectivity index (χ0v) is 11.0. The van der Waals surface area contributed by atoms with Gasteiger partial charge in [-0.15, -0.1) is 22.9 Å². The number of hydrogen-bond acceptors (Lipinski definition) is 2. The van der Waals surface area contributed by atoms with Crippen LogP contribution in [-0.2, 0) is 4.74 Å². The van der Waals surface area contributed by atoms with Crippen molar-refractivity contribution in [1.82, 2.24) is 0 Å². The van der Waals surface area contributed by atoms with Crippen molar-refractivity contribution >= 4 is 34.5 Å². The van der Waals surface area contributed by atoms with Crippen LogP contribution in [0.3, 0.4) is 0 Å². The second-order valence-electron chi connectivity index (χ2n) is 4.05. The van der Waals surface area contributed by atoms with Gasteiger partial charge in [-0.25, -0.2) is 0 Å². The molecule has 0 aliphatic heterocycles. The third-order valence-corrected chi connectivity index (χ3v) is 5.15. The zero-order valence-electron chi connectivity index (χ0n) is 8.63. The molecule has 0 saturated heterocycles. The highest BCUT2D eigenvalue weighted by atomic mass is 35.5. The maximum absolute atomic E-state index is 6.37. The van der Waals surface area contributed by atoms with Crippen molar-refractivity contribution in [2.75, 3.05) is 7.11 Å². The Labute approximate surface area is 104 Å². The first-order valence-electron chi connectivity index (χ1n) is 5.09. The van der Waals surface area contributed by atoms with E-state index in [-0.39, 0.29) is 11.0 Å². The van der Waals surface area contributed by atoms with E-state index in [9.17, 15) is 0 Å². The van der Waals surface area contributed by atoms with Crippen molar-refractivity contribution in [2.45, 2.75) is 36.7 Å². The van der Waals surface area contributed by atoms with E-state index in [4.69, 9.17) is 27.9 Å². The van der Waals surface area contributed by atoms with E-state index < -0.39 is 0 Å². The van der Waals surface area contributed by atoms with Crippen LogP contribution in [0.1, 0.15) is 35.9 Å². The Balaban J connectivity index is 2.03. The van der Waals surface area contributed by atoms with Gasteiger partial charge in [0.25, 0.3) is 0 Å². The lowest BCUT2D eigenvalue weighted by Gasteiger charge is -2.41. The molecular weight excluding hydrogens is 251 g/mol. The summed E-state index contributed by atoms with van der Waals surface area (Å²) in [6.45, 7) is 0. The first-order chi connectivity index (χ1) is 7.17. The monoisotopic (exact) mass is 264 g/mol. The minimum atomic E-state index is -0.0160. The topological polar surface area (TPSA) is 9.23 Å². The first kappa shape index (κ1) is 11.7. The van der Waals surface area contributed by atoms with Crippen LogP contribution in [0.4, 0.5) is 0 Å². The van der Waals surface area contributed by atoms with Gasteiger partial charge in [-0.1, -0.05) is 11.6 Å². The Morgan fingerprint density at radius 3 is 2.73 bits per heavy atom.